The van der Waals surface area contributed by atoms with Gasteiger partial charge in [-0.3, -0.25) is 4.79 Å². The highest BCUT2D eigenvalue weighted by atomic mass is 35.5. The first-order valence-electron chi connectivity index (χ1n) is 5.80. The number of halogens is 1. The molecule has 0 unspecified atom stereocenters. The lowest BCUT2D eigenvalue weighted by molar-refractivity contribution is 0.0968. The number of ketones is 1. The van der Waals surface area contributed by atoms with Crippen LogP contribution in [0.5, 0.6) is 11.5 Å². The summed E-state index contributed by atoms with van der Waals surface area (Å²) < 4.78 is 11.0. The van der Waals surface area contributed by atoms with Crippen LogP contribution in [0, 0.1) is 0 Å². The monoisotopic (exact) mass is 254 g/mol. The molecule has 0 amide bonds. The van der Waals surface area contributed by atoms with E-state index in [9.17, 15) is 4.79 Å². The minimum atomic E-state index is 0.0949. The van der Waals surface area contributed by atoms with Crippen LogP contribution in [0.25, 0.3) is 0 Å². The quantitative estimate of drug-likeness (QED) is 0.460. The largest absolute Gasteiger partial charge is 0.486 e. The molecule has 1 heterocycles. The van der Waals surface area contributed by atoms with Crippen LogP contribution in [-0.4, -0.2) is 24.9 Å². The molecule has 0 saturated heterocycles. The Morgan fingerprint density at radius 3 is 2.88 bits per heavy atom. The molecule has 17 heavy (non-hydrogen) atoms. The van der Waals surface area contributed by atoms with Gasteiger partial charge in [-0.2, -0.15) is 0 Å². The van der Waals surface area contributed by atoms with Gasteiger partial charge in [0.05, 0.1) is 5.56 Å². The Morgan fingerprint density at radius 1 is 1.24 bits per heavy atom. The summed E-state index contributed by atoms with van der Waals surface area (Å²) in [6.45, 7) is 1.04. The van der Waals surface area contributed by atoms with Crippen molar-refractivity contribution in [2.45, 2.75) is 19.3 Å². The Balaban J connectivity index is 2.12. The summed E-state index contributed by atoms with van der Waals surface area (Å²) in [4.78, 5) is 12.0. The number of Topliss-reactive ketones (excluding diaryl/α,β-unsaturated/α-hetero) is 1. The molecule has 2 rings (SSSR count). The second-order valence-corrected chi connectivity index (χ2v) is 4.28. The van der Waals surface area contributed by atoms with Gasteiger partial charge in [0.1, 0.15) is 13.2 Å². The van der Waals surface area contributed by atoms with E-state index in [1.165, 1.54) is 0 Å². The maximum atomic E-state index is 12.0. The third-order valence-corrected chi connectivity index (χ3v) is 2.92. The van der Waals surface area contributed by atoms with Crippen molar-refractivity contribution in [1.29, 1.82) is 0 Å². The van der Waals surface area contributed by atoms with Crippen LogP contribution in [-0.2, 0) is 0 Å². The molecule has 0 fully saturated rings. The molecular formula is C13H15ClO3. The molecule has 0 atom stereocenters. The third kappa shape index (κ3) is 2.91. The lowest BCUT2D eigenvalue weighted by atomic mass is 10.0. The van der Waals surface area contributed by atoms with Gasteiger partial charge >= 0.3 is 0 Å². The van der Waals surface area contributed by atoms with E-state index in [0.717, 1.165) is 12.8 Å². The van der Waals surface area contributed by atoms with Crippen molar-refractivity contribution in [1.82, 2.24) is 0 Å². The van der Waals surface area contributed by atoms with Gasteiger partial charge in [-0.1, -0.05) is 6.07 Å². The van der Waals surface area contributed by atoms with E-state index in [1.54, 1.807) is 6.07 Å². The fraction of sp³-hybridized carbons (Fsp3) is 0.462. The van der Waals surface area contributed by atoms with Crippen molar-refractivity contribution in [2.24, 2.45) is 0 Å². The van der Waals surface area contributed by atoms with Gasteiger partial charge in [0.15, 0.2) is 17.3 Å². The van der Waals surface area contributed by atoms with Gasteiger partial charge in [0.25, 0.3) is 0 Å². The Morgan fingerprint density at radius 2 is 2.06 bits per heavy atom. The number of carbonyl (C=O) groups is 1. The molecule has 0 aromatic heterocycles. The van der Waals surface area contributed by atoms with Gasteiger partial charge in [0, 0.05) is 12.3 Å². The van der Waals surface area contributed by atoms with E-state index < -0.39 is 0 Å². The molecule has 0 bridgehead atoms. The SMILES string of the molecule is O=C(CCCCCl)c1cccc2c1OCCO2. The van der Waals surface area contributed by atoms with Crippen molar-refractivity contribution < 1.29 is 14.3 Å². The molecule has 1 aliphatic rings. The molecule has 1 aromatic rings. The number of hydrogen-bond donors (Lipinski definition) is 0. The molecule has 3 nitrogen and oxygen atoms in total. The second-order valence-electron chi connectivity index (χ2n) is 3.90. The fourth-order valence-corrected chi connectivity index (χ4v) is 2.00. The first-order valence-corrected chi connectivity index (χ1v) is 6.34. The van der Waals surface area contributed by atoms with Gasteiger partial charge < -0.3 is 9.47 Å². The molecule has 0 saturated carbocycles. The predicted molar refractivity (Wildman–Crippen MR) is 66.3 cm³/mol. The molecule has 92 valence electrons. The van der Waals surface area contributed by atoms with Crippen LogP contribution >= 0.6 is 11.6 Å². The van der Waals surface area contributed by atoms with Gasteiger partial charge in [-0.15, -0.1) is 11.6 Å². The summed E-state index contributed by atoms with van der Waals surface area (Å²) in [5.74, 6) is 1.95. The van der Waals surface area contributed by atoms with Gasteiger partial charge in [-0.25, -0.2) is 0 Å². The number of fused-ring (bicyclic) bond motifs is 1. The zero-order chi connectivity index (χ0) is 12.1. The number of ether oxygens (including phenoxy) is 2. The molecular weight excluding hydrogens is 240 g/mol. The van der Waals surface area contributed by atoms with Crippen LogP contribution in [0.15, 0.2) is 18.2 Å². The number of hydrogen-bond acceptors (Lipinski definition) is 3. The smallest absolute Gasteiger partial charge is 0.172 e. The van der Waals surface area contributed by atoms with Crippen LogP contribution in [0.4, 0.5) is 0 Å². The van der Waals surface area contributed by atoms with Crippen LogP contribution in [0.1, 0.15) is 29.6 Å². The lowest BCUT2D eigenvalue weighted by Gasteiger charge is -2.20. The summed E-state index contributed by atoms with van der Waals surface area (Å²) in [7, 11) is 0. The van der Waals surface area contributed by atoms with Crippen LogP contribution in [0.3, 0.4) is 0 Å². The van der Waals surface area contributed by atoms with Crippen molar-refractivity contribution in [2.75, 3.05) is 19.1 Å². The first kappa shape index (κ1) is 12.2. The summed E-state index contributed by atoms with van der Waals surface area (Å²) in [6.07, 6.45) is 2.18. The van der Waals surface area contributed by atoms with Crippen molar-refractivity contribution in [3.05, 3.63) is 23.8 Å². The highest BCUT2D eigenvalue weighted by molar-refractivity contribution is 6.17. The number of carbonyl (C=O) groups excluding carboxylic acids is 1. The zero-order valence-electron chi connectivity index (χ0n) is 9.58. The average molecular weight is 255 g/mol. The number of unbranched alkanes of at least 4 members (excludes halogenated alkanes) is 1. The summed E-state index contributed by atoms with van der Waals surface area (Å²) in [5.41, 5.74) is 0.622. The van der Waals surface area contributed by atoms with E-state index in [0.29, 0.717) is 42.6 Å². The Hall–Kier alpha value is -1.22. The summed E-state index contributed by atoms with van der Waals surface area (Å²) in [6, 6.07) is 5.43. The minimum Gasteiger partial charge on any atom is -0.486 e. The molecule has 0 N–H and O–H groups in total. The topological polar surface area (TPSA) is 35.5 Å². The average Bonchev–Trinajstić information content (AvgIpc) is 2.38. The van der Waals surface area contributed by atoms with E-state index in [1.807, 2.05) is 12.1 Å². The summed E-state index contributed by atoms with van der Waals surface area (Å²) >= 11 is 5.59. The fourth-order valence-electron chi connectivity index (χ4n) is 1.81. The normalized spacial score (nSPS) is 13.5. The maximum Gasteiger partial charge on any atom is 0.172 e. The number of benzene rings is 1. The highest BCUT2D eigenvalue weighted by Crippen LogP contribution is 2.34. The Bertz CT molecular complexity index is 404. The molecule has 0 aliphatic carbocycles. The molecule has 1 aromatic carbocycles. The molecule has 0 spiro atoms. The molecule has 0 radical (unpaired) electrons. The van der Waals surface area contributed by atoms with E-state index >= 15 is 0 Å². The molecule has 1 aliphatic heterocycles. The molecule has 4 heteroatoms. The van der Waals surface area contributed by atoms with E-state index in [4.69, 9.17) is 21.1 Å². The maximum absolute atomic E-state index is 12.0. The zero-order valence-corrected chi connectivity index (χ0v) is 10.3. The number of rotatable bonds is 5. The lowest BCUT2D eigenvalue weighted by Crippen LogP contribution is -2.17. The Kier molecular flexibility index (Phi) is 4.26. The predicted octanol–water partition coefficient (Wildman–Crippen LogP) is 3.05. The Labute approximate surface area is 106 Å². The van der Waals surface area contributed by atoms with Crippen LogP contribution < -0.4 is 9.47 Å². The van der Waals surface area contributed by atoms with E-state index in [-0.39, 0.29) is 5.78 Å². The highest BCUT2D eigenvalue weighted by Gasteiger charge is 2.19. The van der Waals surface area contributed by atoms with Crippen molar-refractivity contribution >= 4 is 17.4 Å². The number of para-hydroxylation sites is 1. The van der Waals surface area contributed by atoms with Crippen molar-refractivity contribution in [3.63, 3.8) is 0 Å². The minimum absolute atomic E-state index is 0.0949. The number of alkyl halides is 1. The van der Waals surface area contributed by atoms with Crippen molar-refractivity contribution in [3.8, 4) is 11.5 Å². The van der Waals surface area contributed by atoms with E-state index in [2.05, 4.69) is 0 Å². The van der Waals surface area contributed by atoms with Crippen LogP contribution in [0.2, 0.25) is 0 Å². The van der Waals surface area contributed by atoms with Gasteiger partial charge in [-0.05, 0) is 25.0 Å². The second kappa shape index (κ2) is 5.92. The summed E-state index contributed by atoms with van der Waals surface area (Å²) in [5, 5.41) is 0. The first-order chi connectivity index (χ1) is 8.33. The van der Waals surface area contributed by atoms with Gasteiger partial charge in [0.2, 0.25) is 0 Å². The third-order valence-electron chi connectivity index (χ3n) is 2.65. The standard InChI is InChI=1S/C13H15ClO3/c14-7-2-1-5-11(15)10-4-3-6-12-13(10)17-9-8-16-12/h3-4,6H,1-2,5,7-9H2.